The van der Waals surface area contributed by atoms with E-state index < -0.39 is 17.6 Å². The molecule has 0 radical (unpaired) electrons. The van der Waals surface area contributed by atoms with E-state index in [1.807, 2.05) is 24.4 Å². The maximum Gasteiger partial charge on any atom is 0.340 e. The summed E-state index contributed by atoms with van der Waals surface area (Å²) in [6.45, 7) is 3.01. The highest BCUT2D eigenvalue weighted by Crippen LogP contribution is 2.58. The first-order chi connectivity index (χ1) is 13.9. The average molecular weight is 415 g/mol. The molecule has 1 aliphatic carbocycles. The molecule has 0 amide bonds. The number of hydrogen-bond donors (Lipinski definition) is 2. The van der Waals surface area contributed by atoms with Crippen molar-refractivity contribution in [2.45, 2.75) is 12.3 Å². The summed E-state index contributed by atoms with van der Waals surface area (Å²) in [5.74, 6) is -2.07. The molecule has 0 aromatic heterocycles. The van der Waals surface area contributed by atoms with Crippen LogP contribution in [0.2, 0.25) is 0 Å². The monoisotopic (exact) mass is 415 g/mol. The molecule has 3 heterocycles. The first kappa shape index (κ1) is 18.7. The van der Waals surface area contributed by atoms with E-state index in [-0.39, 0.29) is 17.1 Å². The number of aliphatic carboxylic acids is 1. The SMILES string of the molecule is CNCC1CCN(c2c(F)cc3c4c2N(C)CC2=CSC(=C(C(=O)O)C3=O)C24)C1. The van der Waals surface area contributed by atoms with Gasteiger partial charge >= 0.3 is 5.97 Å². The van der Waals surface area contributed by atoms with Crippen LogP contribution in [0.4, 0.5) is 15.8 Å². The molecule has 29 heavy (non-hydrogen) atoms. The van der Waals surface area contributed by atoms with Crippen molar-refractivity contribution in [2.75, 3.05) is 50.1 Å². The van der Waals surface area contributed by atoms with E-state index in [0.717, 1.165) is 42.9 Å². The molecule has 5 rings (SSSR count). The zero-order valence-corrected chi connectivity index (χ0v) is 17.1. The minimum Gasteiger partial charge on any atom is -0.478 e. The molecule has 2 N–H and O–H groups in total. The Morgan fingerprint density at radius 2 is 2.21 bits per heavy atom. The summed E-state index contributed by atoms with van der Waals surface area (Å²) in [4.78, 5) is 29.5. The molecule has 152 valence electrons. The molecule has 2 unspecified atom stereocenters. The molecular formula is C21H22FN3O3S. The van der Waals surface area contributed by atoms with Gasteiger partial charge in [0.15, 0.2) is 0 Å². The van der Waals surface area contributed by atoms with Gasteiger partial charge in [-0.25, -0.2) is 9.18 Å². The quantitative estimate of drug-likeness (QED) is 0.733. The van der Waals surface area contributed by atoms with Gasteiger partial charge in [0.25, 0.3) is 0 Å². The Kier molecular flexibility index (Phi) is 4.25. The van der Waals surface area contributed by atoms with Crippen LogP contribution in [-0.4, -0.2) is 57.1 Å². The van der Waals surface area contributed by atoms with E-state index >= 15 is 4.39 Å². The van der Waals surface area contributed by atoms with Crippen molar-refractivity contribution in [3.05, 3.63) is 44.5 Å². The van der Waals surface area contributed by atoms with Crippen LogP contribution in [0.25, 0.3) is 0 Å². The number of hydrogen-bond acceptors (Lipinski definition) is 6. The molecule has 8 heteroatoms. The van der Waals surface area contributed by atoms with Gasteiger partial charge < -0.3 is 20.2 Å². The smallest absolute Gasteiger partial charge is 0.340 e. The molecule has 0 bridgehead atoms. The minimum atomic E-state index is -1.24. The van der Waals surface area contributed by atoms with Crippen LogP contribution >= 0.6 is 11.8 Å². The first-order valence-corrected chi connectivity index (χ1v) is 10.6. The van der Waals surface area contributed by atoms with Crippen molar-refractivity contribution in [3.8, 4) is 0 Å². The molecule has 3 aliphatic heterocycles. The van der Waals surface area contributed by atoms with Crippen molar-refractivity contribution < 1.29 is 19.1 Å². The Bertz CT molecular complexity index is 1020. The molecule has 0 spiro atoms. The summed E-state index contributed by atoms with van der Waals surface area (Å²) >= 11 is 1.32. The van der Waals surface area contributed by atoms with Crippen molar-refractivity contribution in [3.63, 3.8) is 0 Å². The number of carboxylic acid groups (broad SMARTS) is 1. The number of Topliss-reactive ketones (excluding diaryl/α,β-unsaturated/α-hetero) is 1. The number of ketones is 1. The molecule has 2 atom stereocenters. The second-order valence-electron chi connectivity index (χ2n) is 8.15. The largest absolute Gasteiger partial charge is 0.478 e. The maximum absolute atomic E-state index is 15.4. The molecule has 0 saturated carbocycles. The number of anilines is 2. The van der Waals surface area contributed by atoms with Gasteiger partial charge in [0.1, 0.15) is 11.4 Å². The van der Waals surface area contributed by atoms with E-state index in [1.54, 1.807) is 0 Å². The fraction of sp³-hybridized carbons (Fsp3) is 0.429. The zero-order valence-electron chi connectivity index (χ0n) is 16.3. The van der Waals surface area contributed by atoms with E-state index in [0.29, 0.717) is 23.1 Å². The summed E-state index contributed by atoms with van der Waals surface area (Å²) in [7, 11) is 3.84. The lowest BCUT2D eigenvalue weighted by molar-refractivity contribution is -0.132. The number of likely N-dealkylation sites (N-methyl/N-ethyl adjacent to an activating group) is 1. The molecule has 1 aromatic carbocycles. The normalized spacial score (nSPS) is 24.9. The second-order valence-corrected chi connectivity index (χ2v) is 9.06. The number of halogens is 1. The lowest BCUT2D eigenvalue weighted by atomic mass is 9.75. The van der Waals surface area contributed by atoms with Gasteiger partial charge in [-0.3, -0.25) is 4.79 Å². The number of nitrogens with one attached hydrogen (secondary N) is 1. The number of benzene rings is 1. The Labute approximate surface area is 172 Å². The fourth-order valence-electron chi connectivity index (χ4n) is 5.19. The molecule has 4 aliphatic rings. The van der Waals surface area contributed by atoms with E-state index in [2.05, 4.69) is 10.2 Å². The van der Waals surface area contributed by atoms with Gasteiger partial charge in [0.05, 0.1) is 11.4 Å². The van der Waals surface area contributed by atoms with Crippen LogP contribution in [-0.2, 0) is 4.79 Å². The van der Waals surface area contributed by atoms with E-state index in [1.165, 1.54) is 17.8 Å². The Balaban J connectivity index is 1.71. The number of carbonyl (C=O) groups excluding carboxylic acids is 1. The van der Waals surface area contributed by atoms with Gasteiger partial charge in [-0.05, 0) is 43.0 Å². The number of carboxylic acids is 1. The summed E-state index contributed by atoms with van der Waals surface area (Å²) in [5.41, 5.74) is 3.11. The van der Waals surface area contributed by atoms with Crippen molar-refractivity contribution >= 4 is 34.9 Å². The molecule has 1 aromatic rings. The highest BCUT2D eigenvalue weighted by Gasteiger charge is 2.47. The standard InChI is InChI=1S/C21H22FN3O3S/c1-23-6-10-3-4-25(7-10)17-13(22)5-12-15-14-11(8-24(2)18(15)17)9-29-20(14)16(19(12)26)21(27)28/h5,9-10,14,23H,3-4,6-8H2,1-2H3,(H,27,28). The second kappa shape index (κ2) is 6.60. The number of nitrogens with zero attached hydrogens (tertiary/aromatic N) is 2. The summed E-state index contributed by atoms with van der Waals surface area (Å²) in [6, 6.07) is 1.27. The number of allylic oxidation sites excluding steroid dienone is 1. The maximum atomic E-state index is 15.4. The highest BCUT2D eigenvalue weighted by molar-refractivity contribution is 8.06. The van der Waals surface area contributed by atoms with Gasteiger partial charge in [-0.1, -0.05) is 0 Å². The third-order valence-electron chi connectivity index (χ3n) is 6.35. The average Bonchev–Trinajstić information content (AvgIpc) is 3.29. The van der Waals surface area contributed by atoms with Crippen LogP contribution in [0.15, 0.2) is 27.5 Å². The van der Waals surface area contributed by atoms with Gasteiger partial charge in [0.2, 0.25) is 5.78 Å². The molecule has 1 saturated heterocycles. The summed E-state index contributed by atoms with van der Waals surface area (Å²) < 4.78 is 15.4. The lowest BCUT2D eigenvalue weighted by Crippen LogP contribution is -2.36. The van der Waals surface area contributed by atoms with Gasteiger partial charge in [-0.15, -0.1) is 11.8 Å². The predicted octanol–water partition coefficient (Wildman–Crippen LogP) is 2.57. The number of carbonyl (C=O) groups is 2. The third-order valence-corrected chi connectivity index (χ3v) is 7.47. The summed E-state index contributed by atoms with van der Waals surface area (Å²) in [6.07, 6.45) is 0.984. The van der Waals surface area contributed by atoms with Crippen molar-refractivity contribution in [2.24, 2.45) is 5.92 Å². The zero-order chi connectivity index (χ0) is 20.4. The van der Waals surface area contributed by atoms with Crippen LogP contribution in [0, 0.1) is 11.7 Å². The van der Waals surface area contributed by atoms with Crippen molar-refractivity contribution in [1.82, 2.24) is 5.32 Å². The fourth-order valence-corrected chi connectivity index (χ4v) is 6.39. The van der Waals surface area contributed by atoms with Crippen molar-refractivity contribution in [1.29, 1.82) is 0 Å². The topological polar surface area (TPSA) is 72.9 Å². The number of rotatable bonds is 4. The minimum absolute atomic E-state index is 0.193. The van der Waals surface area contributed by atoms with E-state index in [9.17, 15) is 14.7 Å². The Morgan fingerprint density at radius 3 is 2.93 bits per heavy atom. The molecule has 1 fully saturated rings. The van der Waals surface area contributed by atoms with Crippen LogP contribution < -0.4 is 15.1 Å². The van der Waals surface area contributed by atoms with Crippen LogP contribution in [0.3, 0.4) is 0 Å². The van der Waals surface area contributed by atoms with Crippen LogP contribution in [0.5, 0.6) is 0 Å². The number of thioether (sulfide) groups is 1. The van der Waals surface area contributed by atoms with Crippen LogP contribution in [0.1, 0.15) is 28.3 Å². The molecule has 6 nitrogen and oxygen atoms in total. The Morgan fingerprint density at radius 1 is 1.41 bits per heavy atom. The predicted molar refractivity (Wildman–Crippen MR) is 111 cm³/mol. The van der Waals surface area contributed by atoms with Gasteiger partial charge in [-0.2, -0.15) is 0 Å². The molecular weight excluding hydrogens is 393 g/mol. The lowest BCUT2D eigenvalue weighted by Gasteiger charge is -2.40. The first-order valence-electron chi connectivity index (χ1n) is 9.77. The van der Waals surface area contributed by atoms with E-state index in [4.69, 9.17) is 0 Å². The summed E-state index contributed by atoms with van der Waals surface area (Å²) in [5, 5.41) is 14.8. The highest BCUT2D eigenvalue weighted by atomic mass is 32.2. The Hall–Kier alpha value is -2.32. The van der Waals surface area contributed by atoms with Gasteiger partial charge in [0, 0.05) is 48.6 Å². The third kappa shape index (κ3) is 2.58.